The van der Waals surface area contributed by atoms with Crippen LogP contribution in [0.15, 0.2) is 16.6 Å². The molecule has 1 rings (SSSR count). The Balaban J connectivity index is 3.55. The van der Waals surface area contributed by atoms with Crippen molar-refractivity contribution in [3.63, 3.8) is 0 Å². The first-order valence-electron chi connectivity index (χ1n) is 2.96. The lowest BCUT2D eigenvalue weighted by atomic mass is 10.2. The van der Waals surface area contributed by atoms with Gasteiger partial charge in [-0.3, -0.25) is 0 Å². The van der Waals surface area contributed by atoms with Crippen LogP contribution in [-0.4, -0.2) is 0 Å². The van der Waals surface area contributed by atoms with Crippen molar-refractivity contribution in [1.82, 2.24) is 0 Å². The molecule has 0 aliphatic rings. The SMILES string of the molecule is [C-]#[N+]c1c(Br)ccc(F)c1C#N. The van der Waals surface area contributed by atoms with Gasteiger partial charge in [0.15, 0.2) is 0 Å². The van der Waals surface area contributed by atoms with Crippen LogP contribution in [-0.2, 0) is 0 Å². The summed E-state index contributed by atoms with van der Waals surface area (Å²) in [7, 11) is 0. The van der Waals surface area contributed by atoms with E-state index in [0.717, 1.165) is 6.07 Å². The van der Waals surface area contributed by atoms with Crippen LogP contribution >= 0.6 is 15.9 Å². The molecule has 1 aromatic carbocycles. The number of rotatable bonds is 0. The van der Waals surface area contributed by atoms with Crippen LogP contribution < -0.4 is 0 Å². The van der Waals surface area contributed by atoms with Crippen LogP contribution in [0.2, 0.25) is 0 Å². The molecular formula is C8H2BrFN2. The third kappa shape index (κ3) is 1.30. The first-order valence-corrected chi connectivity index (χ1v) is 3.75. The summed E-state index contributed by atoms with van der Waals surface area (Å²) in [5.74, 6) is -0.660. The number of halogens is 2. The van der Waals surface area contributed by atoms with Crippen molar-refractivity contribution in [2.45, 2.75) is 0 Å². The molecule has 12 heavy (non-hydrogen) atoms. The maximum atomic E-state index is 12.8. The van der Waals surface area contributed by atoms with Gasteiger partial charge in [-0.2, -0.15) is 5.26 Å². The van der Waals surface area contributed by atoms with Crippen molar-refractivity contribution < 1.29 is 4.39 Å². The van der Waals surface area contributed by atoms with Crippen LogP contribution in [0.1, 0.15) is 5.56 Å². The van der Waals surface area contributed by atoms with E-state index in [2.05, 4.69) is 20.8 Å². The molecule has 58 valence electrons. The number of hydrogen-bond donors (Lipinski definition) is 0. The van der Waals surface area contributed by atoms with Gasteiger partial charge in [-0.15, -0.1) is 0 Å². The van der Waals surface area contributed by atoms with Gasteiger partial charge in [0, 0.05) is 4.47 Å². The lowest BCUT2D eigenvalue weighted by Crippen LogP contribution is -1.83. The zero-order chi connectivity index (χ0) is 9.14. The number of nitrogens with zero attached hydrogens (tertiary/aromatic N) is 2. The van der Waals surface area contributed by atoms with Gasteiger partial charge in [0.1, 0.15) is 5.82 Å². The summed E-state index contributed by atoms with van der Waals surface area (Å²) in [5, 5.41) is 8.50. The number of hydrogen-bond acceptors (Lipinski definition) is 1. The summed E-state index contributed by atoms with van der Waals surface area (Å²) in [4.78, 5) is 3.04. The van der Waals surface area contributed by atoms with Gasteiger partial charge in [-0.1, -0.05) is 22.0 Å². The molecule has 0 radical (unpaired) electrons. The minimum Gasteiger partial charge on any atom is -0.235 e. The highest BCUT2D eigenvalue weighted by Gasteiger charge is 2.10. The van der Waals surface area contributed by atoms with Crippen LogP contribution in [0.4, 0.5) is 10.1 Å². The second-order valence-electron chi connectivity index (χ2n) is 1.98. The van der Waals surface area contributed by atoms with Crippen molar-refractivity contribution in [2.24, 2.45) is 0 Å². The van der Waals surface area contributed by atoms with Crippen LogP contribution in [0.3, 0.4) is 0 Å². The Hall–Kier alpha value is -1.39. The van der Waals surface area contributed by atoms with Gasteiger partial charge in [0.25, 0.3) is 0 Å². The normalized spacial score (nSPS) is 8.67. The van der Waals surface area contributed by atoms with E-state index in [1.807, 2.05) is 0 Å². The van der Waals surface area contributed by atoms with Gasteiger partial charge < -0.3 is 0 Å². The summed E-state index contributed by atoms with van der Waals surface area (Å²) < 4.78 is 13.3. The summed E-state index contributed by atoms with van der Waals surface area (Å²) >= 11 is 3.05. The molecule has 0 aliphatic carbocycles. The predicted octanol–water partition coefficient (Wildman–Crippen LogP) is 3.01. The van der Waals surface area contributed by atoms with Crippen molar-refractivity contribution in [3.8, 4) is 6.07 Å². The Morgan fingerprint density at radius 1 is 1.58 bits per heavy atom. The second kappa shape index (κ2) is 3.34. The molecule has 2 nitrogen and oxygen atoms in total. The fourth-order valence-corrected chi connectivity index (χ4v) is 1.18. The Labute approximate surface area is 77.2 Å². The summed E-state index contributed by atoms with van der Waals surface area (Å²) in [6.45, 7) is 6.70. The number of benzene rings is 1. The molecule has 0 atom stereocenters. The Morgan fingerprint density at radius 3 is 2.67 bits per heavy atom. The van der Waals surface area contributed by atoms with E-state index in [0.29, 0.717) is 4.47 Å². The van der Waals surface area contributed by atoms with E-state index in [-0.39, 0.29) is 11.3 Å². The minimum absolute atomic E-state index is 0.0255. The van der Waals surface area contributed by atoms with Gasteiger partial charge in [-0.05, 0) is 6.07 Å². The molecule has 0 spiro atoms. The molecule has 0 saturated carbocycles. The van der Waals surface area contributed by atoms with Gasteiger partial charge in [0.2, 0.25) is 5.69 Å². The van der Waals surface area contributed by atoms with Crippen molar-refractivity contribution >= 4 is 21.6 Å². The zero-order valence-electron chi connectivity index (χ0n) is 5.81. The molecule has 0 aliphatic heterocycles. The average Bonchev–Trinajstić information content (AvgIpc) is 2.08. The Morgan fingerprint density at radius 2 is 2.25 bits per heavy atom. The largest absolute Gasteiger partial charge is 0.235 e. The molecule has 0 unspecified atom stereocenters. The lowest BCUT2D eigenvalue weighted by Gasteiger charge is -1.97. The highest BCUT2D eigenvalue weighted by Crippen LogP contribution is 2.30. The van der Waals surface area contributed by atoms with E-state index in [1.54, 1.807) is 6.07 Å². The average molecular weight is 225 g/mol. The lowest BCUT2D eigenvalue weighted by molar-refractivity contribution is 0.624. The molecule has 0 saturated heterocycles. The standard InChI is InChI=1S/C8H2BrFN2/c1-12-8-5(4-11)7(10)3-2-6(8)9/h2-3H. The molecule has 0 amide bonds. The van der Waals surface area contributed by atoms with E-state index in [4.69, 9.17) is 11.8 Å². The molecule has 0 bridgehead atoms. The second-order valence-corrected chi connectivity index (χ2v) is 2.83. The molecule has 4 heteroatoms. The van der Waals surface area contributed by atoms with Gasteiger partial charge in [-0.25, -0.2) is 9.24 Å². The van der Waals surface area contributed by atoms with E-state index >= 15 is 0 Å². The molecule has 1 aromatic rings. The Kier molecular flexibility index (Phi) is 2.42. The summed E-state index contributed by atoms with van der Waals surface area (Å²) in [6.07, 6.45) is 0. The maximum absolute atomic E-state index is 12.8. The smallest absolute Gasteiger partial charge is 0.221 e. The fraction of sp³-hybridized carbons (Fsp3) is 0. The molecule has 0 heterocycles. The minimum atomic E-state index is -0.660. The fourth-order valence-electron chi connectivity index (χ4n) is 0.757. The summed E-state index contributed by atoms with van der Waals surface area (Å²) in [5.41, 5.74) is -0.183. The topological polar surface area (TPSA) is 28.1 Å². The molecular weight excluding hydrogens is 223 g/mol. The summed E-state index contributed by atoms with van der Waals surface area (Å²) in [6, 6.07) is 4.19. The van der Waals surface area contributed by atoms with Crippen molar-refractivity contribution in [1.29, 1.82) is 5.26 Å². The molecule has 0 aromatic heterocycles. The van der Waals surface area contributed by atoms with E-state index < -0.39 is 5.82 Å². The van der Waals surface area contributed by atoms with Crippen LogP contribution in [0.5, 0.6) is 0 Å². The zero-order valence-corrected chi connectivity index (χ0v) is 7.39. The third-order valence-electron chi connectivity index (χ3n) is 1.30. The molecule has 0 fully saturated rings. The predicted molar refractivity (Wildman–Crippen MR) is 45.1 cm³/mol. The van der Waals surface area contributed by atoms with Crippen molar-refractivity contribution in [2.75, 3.05) is 0 Å². The molecule has 0 N–H and O–H groups in total. The van der Waals surface area contributed by atoms with E-state index in [1.165, 1.54) is 6.07 Å². The van der Waals surface area contributed by atoms with Gasteiger partial charge in [0.05, 0.1) is 18.2 Å². The highest BCUT2D eigenvalue weighted by atomic mass is 79.9. The maximum Gasteiger partial charge on any atom is 0.221 e. The van der Waals surface area contributed by atoms with Crippen LogP contribution in [0.25, 0.3) is 4.85 Å². The highest BCUT2D eigenvalue weighted by molar-refractivity contribution is 9.10. The van der Waals surface area contributed by atoms with E-state index in [9.17, 15) is 4.39 Å². The monoisotopic (exact) mass is 224 g/mol. The van der Waals surface area contributed by atoms with Crippen LogP contribution in [0, 0.1) is 23.7 Å². The van der Waals surface area contributed by atoms with Crippen molar-refractivity contribution in [3.05, 3.63) is 39.4 Å². The first kappa shape index (κ1) is 8.70. The number of nitriles is 1. The Bertz CT molecular complexity index is 362. The van der Waals surface area contributed by atoms with Gasteiger partial charge >= 0.3 is 0 Å². The quantitative estimate of drug-likeness (QED) is 0.623. The third-order valence-corrected chi connectivity index (χ3v) is 1.94. The first-order chi connectivity index (χ1) is 5.70.